The first-order chi connectivity index (χ1) is 13.9. The summed E-state index contributed by atoms with van der Waals surface area (Å²) in [7, 11) is 1.44. The molecule has 1 aliphatic heterocycles. The van der Waals surface area contributed by atoms with Gasteiger partial charge in [0.1, 0.15) is 30.2 Å². The van der Waals surface area contributed by atoms with Gasteiger partial charge in [-0.3, -0.25) is 4.79 Å². The van der Waals surface area contributed by atoms with Crippen molar-refractivity contribution in [1.29, 1.82) is 0 Å². The summed E-state index contributed by atoms with van der Waals surface area (Å²) in [6.45, 7) is 2.55. The number of ketones is 1. The lowest BCUT2D eigenvalue weighted by molar-refractivity contribution is -0.189. The van der Waals surface area contributed by atoms with Crippen molar-refractivity contribution in [2.24, 2.45) is 0 Å². The van der Waals surface area contributed by atoms with E-state index >= 15 is 0 Å². The van der Waals surface area contributed by atoms with Gasteiger partial charge in [-0.15, -0.1) is 0 Å². The lowest BCUT2D eigenvalue weighted by Crippen LogP contribution is -2.52. The second-order valence-corrected chi connectivity index (χ2v) is 7.35. The predicted octanol–water partition coefficient (Wildman–Crippen LogP) is 2.71. The molecule has 3 rings (SSSR count). The first-order valence-corrected chi connectivity index (χ1v) is 9.86. The number of carbonyl (C=O) groups is 1. The Hall–Kier alpha value is -1.96. The van der Waals surface area contributed by atoms with E-state index in [4.69, 9.17) is 25.8 Å². The Morgan fingerprint density at radius 2 is 1.86 bits per heavy atom. The number of Topliss-reactive ketones (excluding diaryl/α,β-unsaturated/α-hetero) is 1. The van der Waals surface area contributed by atoms with E-state index in [-0.39, 0.29) is 6.61 Å². The van der Waals surface area contributed by atoms with E-state index in [1.807, 2.05) is 37.3 Å². The molecule has 0 aromatic heterocycles. The van der Waals surface area contributed by atoms with Gasteiger partial charge in [-0.25, -0.2) is 0 Å². The minimum atomic E-state index is -1.53. The molecule has 0 amide bonds. The zero-order valence-electron chi connectivity index (χ0n) is 16.4. The highest BCUT2D eigenvalue weighted by molar-refractivity contribution is 6.31. The van der Waals surface area contributed by atoms with Gasteiger partial charge in [-0.1, -0.05) is 35.9 Å². The maximum atomic E-state index is 12.1. The molecule has 2 aromatic rings. The summed E-state index contributed by atoms with van der Waals surface area (Å²) in [5.41, 5.74) is 2.53. The van der Waals surface area contributed by atoms with Gasteiger partial charge in [-0.05, 0) is 48.2 Å². The largest absolute Gasteiger partial charge is 0.494 e. The van der Waals surface area contributed by atoms with Gasteiger partial charge in [0.25, 0.3) is 0 Å². The summed E-state index contributed by atoms with van der Waals surface area (Å²) >= 11 is 6.38. The monoisotopic (exact) mass is 420 g/mol. The minimum absolute atomic E-state index is 0.00569. The SMILES string of the molecule is CCOc1ccc(Cc2cc([C@@H]3O[C@H](COC)C(=O)C(O)[C@H]3O)ccc2Cl)cc1. The first-order valence-electron chi connectivity index (χ1n) is 9.49. The highest BCUT2D eigenvalue weighted by atomic mass is 35.5. The maximum Gasteiger partial charge on any atom is 0.195 e. The summed E-state index contributed by atoms with van der Waals surface area (Å²) < 4.78 is 16.2. The Morgan fingerprint density at radius 1 is 1.14 bits per heavy atom. The Balaban J connectivity index is 1.83. The van der Waals surface area contributed by atoms with E-state index in [9.17, 15) is 15.0 Å². The predicted molar refractivity (Wildman–Crippen MR) is 108 cm³/mol. The van der Waals surface area contributed by atoms with Gasteiger partial charge < -0.3 is 24.4 Å². The molecule has 7 heteroatoms. The van der Waals surface area contributed by atoms with Crippen molar-refractivity contribution >= 4 is 17.4 Å². The second-order valence-electron chi connectivity index (χ2n) is 6.94. The second kappa shape index (κ2) is 9.69. The van der Waals surface area contributed by atoms with Crippen LogP contribution in [-0.4, -0.2) is 54.6 Å². The Kier molecular flexibility index (Phi) is 7.27. The average molecular weight is 421 g/mol. The van der Waals surface area contributed by atoms with Gasteiger partial charge in [-0.2, -0.15) is 0 Å². The van der Waals surface area contributed by atoms with Crippen LogP contribution in [0, 0.1) is 0 Å². The molecule has 2 N–H and O–H groups in total. The Labute approximate surface area is 175 Å². The quantitative estimate of drug-likeness (QED) is 0.716. The highest BCUT2D eigenvalue weighted by Crippen LogP contribution is 2.33. The maximum absolute atomic E-state index is 12.1. The fourth-order valence-corrected chi connectivity index (χ4v) is 3.58. The third-order valence-corrected chi connectivity index (χ3v) is 5.27. The molecular weight excluding hydrogens is 396 g/mol. The number of halogens is 1. The summed E-state index contributed by atoms with van der Waals surface area (Å²) in [5.74, 6) is 0.219. The normalized spacial score (nSPS) is 24.5. The van der Waals surface area contributed by atoms with Crippen molar-refractivity contribution in [3.63, 3.8) is 0 Å². The zero-order valence-corrected chi connectivity index (χ0v) is 17.1. The van der Waals surface area contributed by atoms with Crippen LogP contribution in [0.15, 0.2) is 42.5 Å². The summed E-state index contributed by atoms with van der Waals surface area (Å²) in [6.07, 6.45) is -4.12. The Morgan fingerprint density at radius 3 is 2.52 bits per heavy atom. The number of ether oxygens (including phenoxy) is 3. The lowest BCUT2D eigenvalue weighted by atomic mass is 9.91. The average Bonchev–Trinajstić information content (AvgIpc) is 2.72. The van der Waals surface area contributed by atoms with Gasteiger partial charge in [0.2, 0.25) is 0 Å². The van der Waals surface area contributed by atoms with Crippen LogP contribution in [0.1, 0.15) is 29.7 Å². The van der Waals surface area contributed by atoms with Gasteiger partial charge in [0.15, 0.2) is 5.78 Å². The molecule has 0 spiro atoms. The standard InChI is InChI=1S/C22H25ClO6/c1-3-28-16-7-4-13(5-8-16)10-15-11-14(6-9-17(15)23)22-21(26)20(25)19(24)18(29-22)12-27-2/h4-9,11,18,20-22,25-26H,3,10,12H2,1-2H3/t18-,20?,21-,22+/m1/s1. The molecule has 2 aromatic carbocycles. The minimum Gasteiger partial charge on any atom is -0.494 e. The topological polar surface area (TPSA) is 85.2 Å². The molecule has 0 radical (unpaired) electrons. The van der Waals surface area contributed by atoms with Crippen LogP contribution in [0.4, 0.5) is 0 Å². The molecule has 1 unspecified atom stereocenters. The molecule has 1 fully saturated rings. The zero-order chi connectivity index (χ0) is 21.0. The van der Waals surface area contributed by atoms with E-state index in [1.165, 1.54) is 7.11 Å². The van der Waals surface area contributed by atoms with E-state index in [0.29, 0.717) is 23.6 Å². The number of methoxy groups -OCH3 is 1. The van der Waals surface area contributed by atoms with E-state index < -0.39 is 30.2 Å². The van der Waals surface area contributed by atoms with Crippen molar-refractivity contribution in [2.75, 3.05) is 20.3 Å². The molecule has 1 aliphatic rings. The van der Waals surface area contributed by atoms with E-state index in [0.717, 1.165) is 16.9 Å². The molecular formula is C22H25ClO6. The molecule has 0 aliphatic carbocycles. The lowest BCUT2D eigenvalue weighted by Gasteiger charge is -2.36. The Bertz CT molecular complexity index is 838. The highest BCUT2D eigenvalue weighted by Gasteiger charge is 2.44. The fraction of sp³-hybridized carbons (Fsp3) is 0.409. The number of aliphatic hydroxyl groups excluding tert-OH is 2. The molecule has 1 saturated heterocycles. The van der Waals surface area contributed by atoms with Crippen LogP contribution in [0.5, 0.6) is 5.75 Å². The first kappa shape index (κ1) is 21.7. The number of rotatable bonds is 7. The van der Waals surface area contributed by atoms with Gasteiger partial charge >= 0.3 is 0 Å². The molecule has 156 valence electrons. The number of aliphatic hydroxyl groups is 2. The number of hydrogen-bond donors (Lipinski definition) is 2. The van der Waals surface area contributed by atoms with Crippen LogP contribution in [0.2, 0.25) is 5.02 Å². The van der Waals surface area contributed by atoms with Crippen molar-refractivity contribution in [1.82, 2.24) is 0 Å². The van der Waals surface area contributed by atoms with E-state index in [1.54, 1.807) is 12.1 Å². The van der Waals surface area contributed by atoms with Crippen LogP contribution < -0.4 is 4.74 Å². The van der Waals surface area contributed by atoms with Crippen molar-refractivity contribution in [2.45, 2.75) is 37.8 Å². The van der Waals surface area contributed by atoms with Crippen molar-refractivity contribution in [3.05, 3.63) is 64.2 Å². The molecule has 0 saturated carbocycles. The molecule has 29 heavy (non-hydrogen) atoms. The van der Waals surface area contributed by atoms with Crippen LogP contribution in [-0.2, 0) is 20.7 Å². The number of hydrogen-bond acceptors (Lipinski definition) is 6. The molecule has 6 nitrogen and oxygen atoms in total. The van der Waals surface area contributed by atoms with Gasteiger partial charge in [0.05, 0.1) is 13.2 Å². The van der Waals surface area contributed by atoms with Crippen molar-refractivity contribution < 1.29 is 29.2 Å². The van der Waals surface area contributed by atoms with Crippen LogP contribution in [0.3, 0.4) is 0 Å². The van der Waals surface area contributed by atoms with Crippen LogP contribution >= 0.6 is 11.6 Å². The van der Waals surface area contributed by atoms with Gasteiger partial charge in [0, 0.05) is 12.1 Å². The summed E-state index contributed by atoms with van der Waals surface area (Å²) in [6, 6.07) is 13.0. The smallest absolute Gasteiger partial charge is 0.195 e. The summed E-state index contributed by atoms with van der Waals surface area (Å²) in [5, 5.41) is 21.1. The number of carbonyl (C=O) groups excluding carboxylic acids is 1. The third kappa shape index (κ3) is 4.97. The van der Waals surface area contributed by atoms with E-state index in [2.05, 4.69) is 0 Å². The fourth-order valence-electron chi connectivity index (χ4n) is 3.39. The molecule has 1 heterocycles. The van der Waals surface area contributed by atoms with Crippen molar-refractivity contribution in [3.8, 4) is 5.75 Å². The third-order valence-electron chi connectivity index (χ3n) is 4.90. The molecule has 0 bridgehead atoms. The van der Waals surface area contributed by atoms with Crippen LogP contribution in [0.25, 0.3) is 0 Å². The number of benzene rings is 2. The summed E-state index contributed by atoms with van der Waals surface area (Å²) in [4.78, 5) is 12.1. The molecule has 4 atom stereocenters.